The third kappa shape index (κ3) is 7.69. The summed E-state index contributed by atoms with van der Waals surface area (Å²) >= 11 is 1.71. The van der Waals surface area contributed by atoms with Crippen LogP contribution >= 0.6 is 35.7 Å². The van der Waals surface area contributed by atoms with Crippen LogP contribution in [0.3, 0.4) is 0 Å². The summed E-state index contributed by atoms with van der Waals surface area (Å²) in [6.07, 6.45) is 2.62. The van der Waals surface area contributed by atoms with E-state index in [0.29, 0.717) is 12.4 Å². The van der Waals surface area contributed by atoms with Crippen molar-refractivity contribution in [1.82, 2.24) is 15.6 Å². The third-order valence-corrected chi connectivity index (χ3v) is 5.03. The van der Waals surface area contributed by atoms with Gasteiger partial charge in [-0.25, -0.2) is 9.37 Å². The SMILES string of the molecule is CN=C(NCCCSc1ccc(F)cc1)NCc1coc(-c2ccccc2)n1.I. The van der Waals surface area contributed by atoms with E-state index in [4.69, 9.17) is 4.42 Å². The van der Waals surface area contributed by atoms with Crippen LogP contribution in [0, 0.1) is 5.82 Å². The molecular formula is C21H24FIN4OS. The summed E-state index contributed by atoms with van der Waals surface area (Å²) in [5.74, 6) is 2.07. The van der Waals surface area contributed by atoms with Crippen molar-refractivity contribution in [2.75, 3.05) is 19.3 Å². The largest absolute Gasteiger partial charge is 0.444 e. The minimum Gasteiger partial charge on any atom is -0.444 e. The maximum absolute atomic E-state index is 12.9. The number of aliphatic imine (C=N–C) groups is 1. The molecule has 3 aromatic rings. The molecule has 0 aliphatic rings. The molecule has 0 saturated heterocycles. The first kappa shape index (κ1) is 23.2. The molecule has 0 unspecified atom stereocenters. The highest BCUT2D eigenvalue weighted by atomic mass is 127. The molecule has 0 atom stereocenters. The Morgan fingerprint density at radius 3 is 2.59 bits per heavy atom. The van der Waals surface area contributed by atoms with E-state index in [1.165, 1.54) is 12.1 Å². The van der Waals surface area contributed by atoms with E-state index < -0.39 is 0 Å². The van der Waals surface area contributed by atoms with Gasteiger partial charge in [0, 0.05) is 24.1 Å². The standard InChI is InChI=1S/C21H23FN4OS.HI/c1-23-21(24-12-5-13-28-19-10-8-17(22)9-11-19)25-14-18-15-27-20(26-18)16-6-3-2-4-7-16;/h2-4,6-11,15H,5,12-14H2,1H3,(H2,23,24,25);1H. The lowest BCUT2D eigenvalue weighted by molar-refractivity contribution is 0.572. The van der Waals surface area contributed by atoms with Crippen LogP contribution in [-0.4, -0.2) is 30.3 Å². The van der Waals surface area contributed by atoms with Gasteiger partial charge in [0.15, 0.2) is 5.96 Å². The highest BCUT2D eigenvalue weighted by Crippen LogP contribution is 2.19. The number of aromatic nitrogens is 1. The van der Waals surface area contributed by atoms with Crippen molar-refractivity contribution in [3.63, 3.8) is 0 Å². The lowest BCUT2D eigenvalue weighted by atomic mass is 10.2. The second kappa shape index (κ2) is 12.5. The molecule has 2 aromatic carbocycles. The zero-order valence-corrected chi connectivity index (χ0v) is 19.2. The van der Waals surface area contributed by atoms with Crippen LogP contribution in [0.1, 0.15) is 12.1 Å². The maximum atomic E-state index is 12.9. The summed E-state index contributed by atoms with van der Waals surface area (Å²) in [7, 11) is 1.74. The molecular weight excluding hydrogens is 502 g/mol. The molecule has 0 amide bonds. The van der Waals surface area contributed by atoms with Crippen molar-refractivity contribution in [3.8, 4) is 11.5 Å². The Hall–Kier alpha value is -2.07. The van der Waals surface area contributed by atoms with Gasteiger partial charge >= 0.3 is 0 Å². The van der Waals surface area contributed by atoms with Gasteiger partial charge in [-0.05, 0) is 48.6 Å². The van der Waals surface area contributed by atoms with Crippen LogP contribution in [0.4, 0.5) is 4.39 Å². The van der Waals surface area contributed by atoms with Gasteiger partial charge in [-0.1, -0.05) is 18.2 Å². The first-order valence-electron chi connectivity index (χ1n) is 9.07. The van der Waals surface area contributed by atoms with Crippen LogP contribution in [0.2, 0.25) is 0 Å². The number of guanidine groups is 1. The number of hydrogen-bond acceptors (Lipinski definition) is 4. The molecule has 154 valence electrons. The van der Waals surface area contributed by atoms with Crippen LogP contribution < -0.4 is 10.6 Å². The number of halogens is 2. The van der Waals surface area contributed by atoms with Crippen LogP contribution in [-0.2, 0) is 6.54 Å². The highest BCUT2D eigenvalue weighted by molar-refractivity contribution is 14.0. The van der Waals surface area contributed by atoms with Crippen molar-refractivity contribution in [2.24, 2.45) is 4.99 Å². The van der Waals surface area contributed by atoms with E-state index in [2.05, 4.69) is 20.6 Å². The number of oxazole rings is 1. The number of rotatable bonds is 8. The van der Waals surface area contributed by atoms with Gasteiger partial charge in [0.25, 0.3) is 0 Å². The Morgan fingerprint density at radius 2 is 1.86 bits per heavy atom. The van der Waals surface area contributed by atoms with Gasteiger partial charge in [0.05, 0.1) is 12.2 Å². The molecule has 0 radical (unpaired) electrons. The smallest absolute Gasteiger partial charge is 0.226 e. The monoisotopic (exact) mass is 526 g/mol. The van der Waals surface area contributed by atoms with Crippen LogP contribution in [0.25, 0.3) is 11.5 Å². The lowest BCUT2D eigenvalue weighted by Crippen LogP contribution is -2.37. The molecule has 5 nitrogen and oxygen atoms in total. The number of thioether (sulfide) groups is 1. The van der Waals surface area contributed by atoms with Crippen molar-refractivity contribution in [3.05, 3.63) is 72.4 Å². The Morgan fingerprint density at radius 1 is 1.10 bits per heavy atom. The first-order valence-corrected chi connectivity index (χ1v) is 10.1. The van der Waals surface area contributed by atoms with E-state index in [9.17, 15) is 4.39 Å². The van der Waals surface area contributed by atoms with Crippen molar-refractivity contribution >= 4 is 41.7 Å². The predicted molar refractivity (Wildman–Crippen MR) is 127 cm³/mol. The number of benzene rings is 2. The fraction of sp³-hybridized carbons (Fsp3) is 0.238. The lowest BCUT2D eigenvalue weighted by Gasteiger charge is -2.10. The van der Waals surface area contributed by atoms with E-state index in [-0.39, 0.29) is 29.8 Å². The minimum absolute atomic E-state index is 0. The molecule has 29 heavy (non-hydrogen) atoms. The summed E-state index contributed by atoms with van der Waals surface area (Å²) in [6, 6.07) is 16.4. The van der Waals surface area contributed by atoms with E-state index in [0.717, 1.165) is 40.8 Å². The summed E-state index contributed by atoms with van der Waals surface area (Å²) < 4.78 is 18.4. The molecule has 2 N–H and O–H groups in total. The fourth-order valence-corrected chi connectivity index (χ4v) is 3.35. The normalized spacial score (nSPS) is 11.0. The van der Waals surface area contributed by atoms with E-state index in [1.54, 1.807) is 37.2 Å². The second-order valence-electron chi connectivity index (χ2n) is 6.02. The molecule has 0 saturated carbocycles. The number of nitrogens with one attached hydrogen (secondary N) is 2. The molecule has 0 aliphatic carbocycles. The van der Waals surface area contributed by atoms with E-state index in [1.807, 2.05) is 30.3 Å². The molecule has 0 fully saturated rings. The average molecular weight is 526 g/mol. The zero-order valence-electron chi connectivity index (χ0n) is 16.1. The zero-order chi connectivity index (χ0) is 19.6. The van der Waals surface area contributed by atoms with Gasteiger partial charge in [0.1, 0.15) is 12.1 Å². The maximum Gasteiger partial charge on any atom is 0.226 e. The summed E-state index contributed by atoms with van der Waals surface area (Å²) in [5, 5.41) is 6.51. The Bertz CT molecular complexity index is 887. The molecule has 3 rings (SSSR count). The van der Waals surface area contributed by atoms with Gasteiger partial charge < -0.3 is 15.1 Å². The quantitative estimate of drug-likeness (QED) is 0.143. The second-order valence-corrected chi connectivity index (χ2v) is 7.19. The van der Waals surface area contributed by atoms with E-state index >= 15 is 0 Å². The number of nitrogens with zero attached hydrogens (tertiary/aromatic N) is 2. The van der Waals surface area contributed by atoms with Crippen molar-refractivity contribution in [1.29, 1.82) is 0 Å². The summed E-state index contributed by atoms with van der Waals surface area (Å²) in [5.41, 5.74) is 1.77. The summed E-state index contributed by atoms with van der Waals surface area (Å²) in [4.78, 5) is 9.79. The molecule has 0 spiro atoms. The molecule has 1 heterocycles. The molecule has 1 aromatic heterocycles. The van der Waals surface area contributed by atoms with Crippen molar-refractivity contribution in [2.45, 2.75) is 17.9 Å². The molecule has 0 bridgehead atoms. The van der Waals surface area contributed by atoms with Gasteiger partial charge in [0.2, 0.25) is 5.89 Å². The minimum atomic E-state index is -0.205. The topological polar surface area (TPSA) is 62.5 Å². The molecule has 8 heteroatoms. The number of hydrogen-bond donors (Lipinski definition) is 2. The molecule has 0 aliphatic heterocycles. The van der Waals surface area contributed by atoms with Gasteiger partial charge in [-0.2, -0.15) is 0 Å². The first-order chi connectivity index (χ1) is 13.7. The fourth-order valence-electron chi connectivity index (χ4n) is 2.50. The Kier molecular flexibility index (Phi) is 9.99. The van der Waals surface area contributed by atoms with Gasteiger partial charge in [-0.15, -0.1) is 35.7 Å². The predicted octanol–water partition coefficient (Wildman–Crippen LogP) is 4.95. The van der Waals surface area contributed by atoms with Gasteiger partial charge in [-0.3, -0.25) is 4.99 Å². The highest BCUT2D eigenvalue weighted by Gasteiger charge is 2.07. The third-order valence-electron chi connectivity index (χ3n) is 3.93. The van der Waals surface area contributed by atoms with Crippen LogP contribution in [0.5, 0.6) is 0 Å². The van der Waals surface area contributed by atoms with Crippen molar-refractivity contribution < 1.29 is 8.81 Å². The Balaban J connectivity index is 0.00000300. The Labute approximate surface area is 191 Å². The summed E-state index contributed by atoms with van der Waals surface area (Å²) in [6.45, 7) is 1.32. The average Bonchev–Trinajstić information content (AvgIpc) is 3.21. The van der Waals surface area contributed by atoms with Crippen LogP contribution in [0.15, 0.2) is 75.2 Å².